The molecule has 18 heavy (non-hydrogen) atoms. The van der Waals surface area contributed by atoms with Crippen LogP contribution in [-0.2, 0) is 6.54 Å². The average molecular weight is 247 g/mol. The number of rotatable bonds is 5. The molecule has 0 atom stereocenters. The molecule has 0 saturated carbocycles. The van der Waals surface area contributed by atoms with Gasteiger partial charge in [0.05, 0.1) is 0 Å². The minimum Gasteiger partial charge on any atom is -0.312 e. The summed E-state index contributed by atoms with van der Waals surface area (Å²) in [7, 11) is 0. The number of hydrogen-bond acceptors (Lipinski definition) is 1. The fourth-order valence-electron chi connectivity index (χ4n) is 2.44. The van der Waals surface area contributed by atoms with Gasteiger partial charge in [-0.05, 0) is 51.6 Å². The normalized spacial score (nSPS) is 15.6. The van der Waals surface area contributed by atoms with E-state index in [0.717, 1.165) is 24.1 Å². The summed E-state index contributed by atoms with van der Waals surface area (Å²) in [5.74, 6) is -0.106. The lowest BCUT2D eigenvalue weighted by atomic mass is 9.97. The van der Waals surface area contributed by atoms with Gasteiger partial charge in [0.25, 0.3) is 0 Å². The van der Waals surface area contributed by atoms with Gasteiger partial charge in [-0.1, -0.05) is 29.3 Å². The maximum Gasteiger partial charge on any atom is 0.127 e. The lowest BCUT2D eigenvalue weighted by Gasteiger charge is -2.13. The third kappa shape index (κ3) is 3.95. The first-order valence-electron chi connectivity index (χ1n) is 6.89. The van der Waals surface area contributed by atoms with E-state index in [2.05, 4.69) is 11.4 Å². The van der Waals surface area contributed by atoms with Crippen molar-refractivity contribution in [2.24, 2.45) is 0 Å². The molecule has 0 radical (unpaired) electrons. The molecule has 0 amide bonds. The van der Waals surface area contributed by atoms with Gasteiger partial charge in [-0.25, -0.2) is 4.39 Å². The first-order valence-corrected chi connectivity index (χ1v) is 6.89. The van der Waals surface area contributed by atoms with Crippen LogP contribution in [0.25, 0.3) is 0 Å². The summed E-state index contributed by atoms with van der Waals surface area (Å²) in [6.07, 6.45) is 8.64. The molecule has 1 aliphatic carbocycles. The quantitative estimate of drug-likeness (QED) is 0.610. The molecule has 0 aromatic heterocycles. The Balaban J connectivity index is 1.74. The number of nitrogens with one attached hydrogen (secondary N) is 1. The van der Waals surface area contributed by atoms with Gasteiger partial charge in [0.2, 0.25) is 0 Å². The number of halogens is 1. The molecule has 1 aromatic rings. The second kappa shape index (κ2) is 6.69. The van der Waals surface area contributed by atoms with Crippen molar-refractivity contribution < 1.29 is 4.39 Å². The minimum absolute atomic E-state index is 0.106. The van der Waals surface area contributed by atoms with Crippen LogP contribution in [0, 0.1) is 12.7 Å². The van der Waals surface area contributed by atoms with Crippen LogP contribution in [0.2, 0.25) is 0 Å². The van der Waals surface area contributed by atoms with E-state index in [1.165, 1.54) is 25.7 Å². The Hall–Kier alpha value is -1.15. The molecule has 98 valence electrons. The molecule has 1 nitrogen and oxygen atoms in total. The van der Waals surface area contributed by atoms with Crippen LogP contribution >= 0.6 is 0 Å². The zero-order valence-corrected chi connectivity index (χ0v) is 11.1. The fraction of sp³-hybridized carbons (Fsp3) is 0.500. The van der Waals surface area contributed by atoms with Crippen LogP contribution in [-0.4, -0.2) is 6.54 Å². The van der Waals surface area contributed by atoms with Crippen molar-refractivity contribution in [1.82, 2.24) is 5.32 Å². The van der Waals surface area contributed by atoms with Crippen molar-refractivity contribution >= 4 is 0 Å². The molecule has 0 spiro atoms. The summed E-state index contributed by atoms with van der Waals surface area (Å²) >= 11 is 0. The Labute approximate surface area is 109 Å². The Morgan fingerprint density at radius 3 is 2.94 bits per heavy atom. The highest BCUT2D eigenvalue weighted by Crippen LogP contribution is 2.19. The largest absolute Gasteiger partial charge is 0.312 e. The predicted molar refractivity (Wildman–Crippen MR) is 74.0 cm³/mol. The van der Waals surface area contributed by atoms with Crippen molar-refractivity contribution in [3.8, 4) is 0 Å². The summed E-state index contributed by atoms with van der Waals surface area (Å²) in [6, 6.07) is 5.28. The van der Waals surface area contributed by atoms with E-state index < -0.39 is 0 Å². The molecular formula is C16H22FN. The van der Waals surface area contributed by atoms with Crippen LogP contribution in [0.5, 0.6) is 0 Å². The summed E-state index contributed by atoms with van der Waals surface area (Å²) in [5.41, 5.74) is 3.45. The first-order chi connectivity index (χ1) is 8.75. The third-order valence-electron chi connectivity index (χ3n) is 3.52. The van der Waals surface area contributed by atoms with Crippen molar-refractivity contribution in [2.75, 3.05) is 6.54 Å². The minimum atomic E-state index is -0.106. The van der Waals surface area contributed by atoms with Crippen LogP contribution in [0.1, 0.15) is 43.2 Å². The van der Waals surface area contributed by atoms with E-state index in [4.69, 9.17) is 0 Å². The van der Waals surface area contributed by atoms with Crippen molar-refractivity contribution in [3.05, 3.63) is 46.8 Å². The van der Waals surface area contributed by atoms with Gasteiger partial charge in [0.1, 0.15) is 5.82 Å². The Kier molecular flexibility index (Phi) is 4.94. The molecule has 1 aromatic carbocycles. The molecule has 0 saturated heterocycles. The van der Waals surface area contributed by atoms with Crippen LogP contribution in [0.15, 0.2) is 29.8 Å². The van der Waals surface area contributed by atoms with Gasteiger partial charge >= 0.3 is 0 Å². The zero-order valence-electron chi connectivity index (χ0n) is 11.1. The Morgan fingerprint density at radius 1 is 1.28 bits per heavy atom. The summed E-state index contributed by atoms with van der Waals surface area (Å²) in [5, 5.41) is 3.34. The second-order valence-electron chi connectivity index (χ2n) is 5.13. The van der Waals surface area contributed by atoms with E-state index in [0.29, 0.717) is 6.54 Å². The highest BCUT2D eigenvalue weighted by molar-refractivity contribution is 5.23. The standard InChI is InChI=1S/C16H22FN/c1-13-7-8-16(17)15(11-13)12-18-10-9-14-5-3-2-4-6-14/h5,7-8,11,18H,2-4,6,9-10,12H2,1H3. The summed E-state index contributed by atoms with van der Waals surface area (Å²) in [4.78, 5) is 0. The van der Waals surface area contributed by atoms with Crippen LogP contribution in [0.4, 0.5) is 4.39 Å². The van der Waals surface area contributed by atoms with Gasteiger partial charge in [0, 0.05) is 12.1 Å². The lowest BCUT2D eigenvalue weighted by Crippen LogP contribution is -2.16. The highest BCUT2D eigenvalue weighted by atomic mass is 19.1. The Morgan fingerprint density at radius 2 is 2.17 bits per heavy atom. The molecule has 0 fully saturated rings. The number of hydrogen-bond donors (Lipinski definition) is 1. The molecule has 1 N–H and O–H groups in total. The van der Waals surface area contributed by atoms with E-state index >= 15 is 0 Å². The van der Waals surface area contributed by atoms with Crippen LogP contribution < -0.4 is 5.32 Å². The molecule has 0 unspecified atom stereocenters. The van der Waals surface area contributed by atoms with Gasteiger partial charge in [0.15, 0.2) is 0 Å². The van der Waals surface area contributed by atoms with Crippen molar-refractivity contribution in [1.29, 1.82) is 0 Å². The number of benzene rings is 1. The maximum absolute atomic E-state index is 13.5. The van der Waals surface area contributed by atoms with Crippen molar-refractivity contribution in [3.63, 3.8) is 0 Å². The maximum atomic E-state index is 13.5. The monoisotopic (exact) mass is 247 g/mol. The number of aryl methyl sites for hydroxylation is 1. The topological polar surface area (TPSA) is 12.0 Å². The van der Waals surface area contributed by atoms with Gasteiger partial charge in [-0.3, -0.25) is 0 Å². The van der Waals surface area contributed by atoms with E-state index in [1.54, 1.807) is 11.6 Å². The first kappa shape index (κ1) is 13.3. The molecule has 1 aliphatic rings. The molecule has 0 heterocycles. The average Bonchev–Trinajstić information content (AvgIpc) is 2.40. The third-order valence-corrected chi connectivity index (χ3v) is 3.52. The molecule has 0 aliphatic heterocycles. The molecule has 2 rings (SSSR count). The summed E-state index contributed by atoms with van der Waals surface area (Å²) in [6.45, 7) is 3.57. The van der Waals surface area contributed by atoms with E-state index in [-0.39, 0.29) is 5.82 Å². The van der Waals surface area contributed by atoms with Gasteiger partial charge < -0.3 is 5.32 Å². The lowest BCUT2D eigenvalue weighted by molar-refractivity contribution is 0.582. The number of allylic oxidation sites excluding steroid dienone is 1. The van der Waals surface area contributed by atoms with E-state index in [9.17, 15) is 4.39 Å². The Bertz CT molecular complexity index is 423. The fourth-order valence-corrected chi connectivity index (χ4v) is 2.44. The van der Waals surface area contributed by atoms with Crippen molar-refractivity contribution in [2.45, 2.75) is 45.6 Å². The van der Waals surface area contributed by atoms with E-state index in [1.807, 2.05) is 19.1 Å². The SMILES string of the molecule is Cc1ccc(F)c(CNCCC2=CCCCC2)c1. The zero-order chi connectivity index (χ0) is 12.8. The second-order valence-corrected chi connectivity index (χ2v) is 5.13. The predicted octanol–water partition coefficient (Wildman–Crippen LogP) is 4.11. The highest BCUT2D eigenvalue weighted by Gasteiger charge is 2.04. The summed E-state index contributed by atoms with van der Waals surface area (Å²) < 4.78 is 13.5. The molecule has 0 bridgehead atoms. The molecular weight excluding hydrogens is 225 g/mol. The van der Waals surface area contributed by atoms with Crippen LogP contribution in [0.3, 0.4) is 0 Å². The smallest absolute Gasteiger partial charge is 0.127 e. The molecule has 2 heteroatoms. The van der Waals surface area contributed by atoms with Gasteiger partial charge in [-0.15, -0.1) is 0 Å². The van der Waals surface area contributed by atoms with Gasteiger partial charge in [-0.2, -0.15) is 0 Å².